The molecule has 3 aromatic rings. The predicted octanol–water partition coefficient (Wildman–Crippen LogP) is 2.66. The quantitative estimate of drug-likeness (QED) is 0.334. The molecule has 43 heavy (non-hydrogen) atoms. The molecule has 1 aliphatic carbocycles. The first-order chi connectivity index (χ1) is 20.5. The lowest BCUT2D eigenvalue weighted by molar-refractivity contribution is 0.0133. The van der Waals surface area contributed by atoms with Crippen molar-refractivity contribution in [1.82, 2.24) is 4.57 Å². The number of carbonyl (C=O) groups is 2. The van der Waals surface area contributed by atoms with Gasteiger partial charge in [-0.1, -0.05) is 0 Å². The molecule has 0 radical (unpaired) electrons. The van der Waals surface area contributed by atoms with Crippen LogP contribution in [-0.4, -0.2) is 83.6 Å². The summed E-state index contributed by atoms with van der Waals surface area (Å²) in [6.07, 6.45) is 1.51. The zero-order valence-corrected chi connectivity index (χ0v) is 23.1. The Morgan fingerprint density at radius 1 is 1.19 bits per heavy atom. The number of carboxylic acids is 1. The van der Waals surface area contributed by atoms with Gasteiger partial charge in [0.1, 0.15) is 29.6 Å². The average molecular weight is 602 g/mol. The molecule has 6 rings (SSSR count). The number of pyridine rings is 1. The lowest BCUT2D eigenvalue weighted by Gasteiger charge is -2.27. The number of carboxylic acid groups (broad SMARTS) is 1. The molecule has 0 spiro atoms. The SMILES string of the molecule is COc1c(N2CC[C@](O)(COc3ccc(N4C[C@H](CO)OC4=O)cc3F)C2)c(F)cc2c(=O)c(C(=O)O)cn(C3CC3)c12. The van der Waals surface area contributed by atoms with Crippen molar-refractivity contribution in [1.29, 1.82) is 0 Å². The van der Waals surface area contributed by atoms with E-state index in [1.807, 2.05) is 0 Å². The van der Waals surface area contributed by atoms with Crippen LogP contribution in [-0.2, 0) is 4.74 Å². The summed E-state index contributed by atoms with van der Waals surface area (Å²) in [6, 6.07) is 4.80. The van der Waals surface area contributed by atoms with E-state index < -0.39 is 46.4 Å². The van der Waals surface area contributed by atoms with Crippen LogP contribution in [0.3, 0.4) is 0 Å². The second-order valence-electron chi connectivity index (χ2n) is 11.1. The third kappa shape index (κ3) is 5.10. The molecule has 2 aliphatic heterocycles. The zero-order chi connectivity index (χ0) is 30.6. The Kier molecular flexibility index (Phi) is 7.13. The number of hydrogen-bond donors (Lipinski definition) is 3. The monoisotopic (exact) mass is 601 g/mol. The number of amides is 1. The molecule has 12 nitrogen and oxygen atoms in total. The van der Waals surface area contributed by atoms with E-state index in [9.17, 15) is 34.1 Å². The van der Waals surface area contributed by atoms with Crippen LogP contribution in [0, 0.1) is 11.6 Å². The number of fused-ring (bicyclic) bond motifs is 1. The highest BCUT2D eigenvalue weighted by atomic mass is 19.1. The number of aliphatic hydroxyl groups is 2. The first-order valence-corrected chi connectivity index (χ1v) is 13.7. The van der Waals surface area contributed by atoms with E-state index in [0.717, 1.165) is 25.0 Å². The first kappa shape index (κ1) is 28.7. The molecule has 2 saturated heterocycles. The van der Waals surface area contributed by atoms with E-state index in [1.54, 1.807) is 9.47 Å². The minimum Gasteiger partial charge on any atom is -0.492 e. The maximum Gasteiger partial charge on any atom is 0.414 e. The number of anilines is 2. The van der Waals surface area contributed by atoms with Crippen molar-refractivity contribution >= 4 is 34.3 Å². The standard InChI is InChI=1S/C29H29F2N3O9/c1-41-26-23-18(25(36)19(27(37)38)11-33(23)15-2-3-15)9-21(31)24(26)32-7-6-29(40,13-32)14-42-22-5-4-16(8-20(22)30)34-10-17(12-35)43-28(34)39/h4-5,8-9,11,15,17,35,40H,2-3,6-7,10,12-14H2,1H3,(H,37,38)/t17-,29-/m1/s1. The summed E-state index contributed by atoms with van der Waals surface area (Å²) < 4.78 is 48.4. The van der Waals surface area contributed by atoms with Crippen LogP contribution in [0.15, 0.2) is 35.3 Å². The highest BCUT2D eigenvalue weighted by Gasteiger charge is 2.40. The number of carbonyl (C=O) groups excluding carboxylic acids is 1. The van der Waals surface area contributed by atoms with Gasteiger partial charge in [0, 0.05) is 24.8 Å². The van der Waals surface area contributed by atoms with Crippen molar-refractivity contribution in [2.75, 3.05) is 49.8 Å². The van der Waals surface area contributed by atoms with E-state index in [0.29, 0.717) is 0 Å². The molecular weight excluding hydrogens is 572 g/mol. The number of ether oxygens (including phenoxy) is 3. The van der Waals surface area contributed by atoms with Gasteiger partial charge in [0.05, 0.1) is 43.4 Å². The van der Waals surface area contributed by atoms with E-state index >= 15 is 4.39 Å². The van der Waals surface area contributed by atoms with Gasteiger partial charge in [-0.05, 0) is 37.5 Å². The van der Waals surface area contributed by atoms with Crippen molar-refractivity contribution in [2.45, 2.75) is 37.0 Å². The van der Waals surface area contributed by atoms with Gasteiger partial charge in [0.15, 0.2) is 23.1 Å². The van der Waals surface area contributed by atoms with Gasteiger partial charge in [-0.2, -0.15) is 0 Å². The highest BCUT2D eigenvalue weighted by Crippen LogP contribution is 2.45. The van der Waals surface area contributed by atoms with Gasteiger partial charge in [-0.25, -0.2) is 18.4 Å². The van der Waals surface area contributed by atoms with Crippen LogP contribution < -0.4 is 24.7 Å². The molecule has 3 aliphatic rings. The minimum absolute atomic E-state index is 0.0111. The third-order valence-corrected chi connectivity index (χ3v) is 8.02. The number of aliphatic hydroxyl groups excluding tert-OH is 1. The summed E-state index contributed by atoms with van der Waals surface area (Å²) >= 11 is 0. The van der Waals surface area contributed by atoms with E-state index in [4.69, 9.17) is 14.2 Å². The van der Waals surface area contributed by atoms with Crippen molar-refractivity contribution in [3.63, 3.8) is 0 Å². The molecule has 0 bridgehead atoms. The fourth-order valence-corrected chi connectivity index (χ4v) is 5.70. The van der Waals surface area contributed by atoms with E-state index in [-0.39, 0.29) is 79.1 Å². The largest absolute Gasteiger partial charge is 0.492 e. The maximum absolute atomic E-state index is 15.6. The Balaban J connectivity index is 1.24. The van der Waals surface area contributed by atoms with Gasteiger partial charge in [0.2, 0.25) is 5.43 Å². The molecule has 1 amide bonds. The van der Waals surface area contributed by atoms with Crippen LogP contribution in [0.25, 0.3) is 10.9 Å². The number of hydrogen-bond acceptors (Lipinski definition) is 9. The number of aromatic carboxylic acids is 1. The highest BCUT2D eigenvalue weighted by molar-refractivity contribution is 5.97. The topological polar surface area (TPSA) is 151 Å². The molecule has 0 unspecified atom stereocenters. The normalized spacial score (nSPS) is 21.9. The number of cyclic esters (lactones) is 1. The molecule has 2 atom stereocenters. The summed E-state index contributed by atoms with van der Waals surface area (Å²) in [5, 5.41) is 29.9. The maximum atomic E-state index is 15.6. The Morgan fingerprint density at radius 3 is 2.58 bits per heavy atom. The predicted molar refractivity (Wildman–Crippen MR) is 148 cm³/mol. The lowest BCUT2D eigenvalue weighted by Crippen LogP contribution is -2.39. The number of rotatable bonds is 9. The summed E-state index contributed by atoms with van der Waals surface area (Å²) in [7, 11) is 1.33. The first-order valence-electron chi connectivity index (χ1n) is 13.7. The Hall–Kier alpha value is -4.43. The Bertz CT molecular complexity index is 1690. The van der Waals surface area contributed by atoms with Crippen LogP contribution in [0.2, 0.25) is 0 Å². The van der Waals surface area contributed by atoms with Crippen LogP contribution in [0.5, 0.6) is 11.5 Å². The van der Waals surface area contributed by atoms with Crippen LogP contribution >= 0.6 is 0 Å². The Labute approximate surface area is 243 Å². The molecule has 1 aromatic heterocycles. The number of methoxy groups -OCH3 is 1. The summed E-state index contributed by atoms with van der Waals surface area (Å²) in [5.74, 6) is -3.13. The number of nitrogens with zero attached hydrogens (tertiary/aromatic N) is 3. The van der Waals surface area contributed by atoms with Crippen LogP contribution in [0.1, 0.15) is 35.7 Å². The third-order valence-electron chi connectivity index (χ3n) is 8.02. The molecule has 228 valence electrons. The summed E-state index contributed by atoms with van der Waals surface area (Å²) in [5.41, 5.74) is -2.29. The summed E-state index contributed by atoms with van der Waals surface area (Å²) in [6.45, 7) is -0.540. The van der Waals surface area contributed by atoms with Crippen molar-refractivity contribution in [2.24, 2.45) is 0 Å². The van der Waals surface area contributed by atoms with Crippen molar-refractivity contribution < 1.29 is 47.9 Å². The fraction of sp³-hybridized carbons (Fsp3) is 0.414. The van der Waals surface area contributed by atoms with E-state index in [2.05, 4.69) is 0 Å². The molecule has 2 aromatic carbocycles. The molecule has 3 fully saturated rings. The van der Waals surface area contributed by atoms with Gasteiger partial charge >= 0.3 is 12.1 Å². The van der Waals surface area contributed by atoms with Crippen LogP contribution in [0.4, 0.5) is 25.0 Å². The minimum atomic E-state index is -1.51. The lowest BCUT2D eigenvalue weighted by atomic mass is 10.1. The molecule has 1 saturated carbocycles. The number of β-amino-alcohol motifs (C(OH)–C–C–N with tert-alkyl or cyclic N) is 1. The molecule has 14 heteroatoms. The van der Waals surface area contributed by atoms with Gasteiger partial charge in [0.25, 0.3) is 0 Å². The molecule has 3 N–H and O–H groups in total. The second kappa shape index (κ2) is 10.7. The fourth-order valence-electron chi connectivity index (χ4n) is 5.70. The van der Waals surface area contributed by atoms with Gasteiger partial charge in [-0.15, -0.1) is 0 Å². The number of benzene rings is 2. The van der Waals surface area contributed by atoms with Gasteiger partial charge in [-0.3, -0.25) is 9.69 Å². The van der Waals surface area contributed by atoms with Gasteiger partial charge < -0.3 is 39.0 Å². The number of aromatic nitrogens is 1. The van der Waals surface area contributed by atoms with Crippen molar-refractivity contribution in [3.05, 3.63) is 57.9 Å². The van der Waals surface area contributed by atoms with Crippen molar-refractivity contribution in [3.8, 4) is 11.5 Å². The summed E-state index contributed by atoms with van der Waals surface area (Å²) in [4.78, 5) is 39.4. The smallest absolute Gasteiger partial charge is 0.414 e. The molecule has 3 heterocycles. The average Bonchev–Trinajstić information content (AvgIpc) is 3.64. The second-order valence-corrected chi connectivity index (χ2v) is 11.1. The van der Waals surface area contributed by atoms with E-state index in [1.165, 1.54) is 30.3 Å². The Morgan fingerprint density at radius 2 is 1.95 bits per heavy atom. The zero-order valence-electron chi connectivity index (χ0n) is 23.1. The molecular formula is C29H29F2N3O9. The number of halogens is 2.